The number of allylic oxidation sites excluding steroid dienone is 4. The second-order valence-electron chi connectivity index (χ2n) is 16.6. The molecule has 1 N–H and O–H groups in total. The first-order chi connectivity index (χ1) is 25.7. The van der Waals surface area contributed by atoms with Gasteiger partial charge in [0.15, 0.2) is 29.9 Å². The maximum atomic E-state index is 17.7. The van der Waals surface area contributed by atoms with Gasteiger partial charge < -0.3 is 29.1 Å². The predicted molar refractivity (Wildman–Crippen MR) is 196 cm³/mol. The van der Waals surface area contributed by atoms with Crippen LogP contribution in [0.15, 0.2) is 23.8 Å². The fraction of sp³-hybridized carbons (Fsp3) is 0.737. The molecule has 17 heteroatoms. The highest BCUT2D eigenvalue weighted by molar-refractivity contribution is 8.77. The summed E-state index contributed by atoms with van der Waals surface area (Å²) >= 11 is 0. The largest absolute Gasteiger partial charge is 0.441 e. The second-order valence-corrected chi connectivity index (χ2v) is 19.7. The van der Waals surface area contributed by atoms with E-state index in [1.807, 2.05) is 6.92 Å². The van der Waals surface area contributed by atoms with Crippen molar-refractivity contribution in [2.24, 2.45) is 22.7 Å². The van der Waals surface area contributed by atoms with Crippen LogP contribution in [0.1, 0.15) is 86.0 Å². The SMILES string of the molecule is CCCC1O[C@@H]2C[C@H]3[C@@H]4C[C@H](F)C5=CC(=O)C=C[C@]5(C)[C@@]4(F)[C@@H](O)C[C@]3(C)[C@]2(C(=O)COC(=O)N(C)CCSSC(C)(C)CC(=O)ON2C(=O)CCC2=O)O1. The lowest BCUT2D eigenvalue weighted by Crippen LogP contribution is -2.71. The third kappa shape index (κ3) is 6.97. The molecule has 3 amide bonds. The molecule has 0 aromatic rings. The van der Waals surface area contributed by atoms with Gasteiger partial charge in [0.1, 0.15) is 6.17 Å². The molecule has 55 heavy (non-hydrogen) atoms. The van der Waals surface area contributed by atoms with Gasteiger partial charge in [-0.15, -0.1) is 5.06 Å². The van der Waals surface area contributed by atoms with Gasteiger partial charge in [-0.2, -0.15) is 0 Å². The van der Waals surface area contributed by atoms with E-state index in [-0.39, 0.29) is 50.6 Å². The minimum atomic E-state index is -2.34. The zero-order valence-corrected chi connectivity index (χ0v) is 33.6. The van der Waals surface area contributed by atoms with Crippen LogP contribution in [0.2, 0.25) is 0 Å². The fourth-order valence-electron chi connectivity index (χ4n) is 9.87. The molecule has 0 aromatic carbocycles. The van der Waals surface area contributed by atoms with E-state index in [9.17, 15) is 33.9 Å². The molecule has 304 valence electrons. The van der Waals surface area contributed by atoms with E-state index in [1.165, 1.54) is 52.6 Å². The first kappa shape index (κ1) is 41.8. The first-order valence-corrected chi connectivity index (χ1v) is 21.1. The molecule has 0 bridgehead atoms. The molecule has 2 aliphatic heterocycles. The van der Waals surface area contributed by atoms with Gasteiger partial charge in [0.25, 0.3) is 11.8 Å². The maximum Gasteiger partial charge on any atom is 0.409 e. The van der Waals surface area contributed by atoms with E-state index in [0.717, 1.165) is 6.08 Å². The monoisotopic (exact) mass is 812 g/mol. The summed E-state index contributed by atoms with van der Waals surface area (Å²) in [5.41, 5.74) is -6.83. The zero-order chi connectivity index (χ0) is 40.3. The van der Waals surface area contributed by atoms with Gasteiger partial charge in [-0.05, 0) is 70.1 Å². The number of Topliss-reactive ketones (excluding diaryl/α,β-unsaturated/α-hetero) is 1. The Morgan fingerprint density at radius 3 is 2.49 bits per heavy atom. The van der Waals surface area contributed by atoms with Crippen LogP contribution < -0.4 is 0 Å². The molecular weight excluding hydrogens is 763 g/mol. The Hall–Kier alpha value is -2.86. The molecule has 10 atom stereocenters. The Bertz CT molecular complexity index is 1680. The molecule has 13 nitrogen and oxygen atoms in total. The van der Waals surface area contributed by atoms with Crippen LogP contribution in [-0.2, 0) is 43.0 Å². The highest BCUT2D eigenvalue weighted by Gasteiger charge is 2.80. The average molecular weight is 813 g/mol. The Labute approximate surface area is 326 Å². The highest BCUT2D eigenvalue weighted by atomic mass is 33.1. The molecule has 3 saturated carbocycles. The number of halogens is 2. The lowest BCUT2D eigenvalue weighted by molar-refractivity contribution is -0.234. The summed E-state index contributed by atoms with van der Waals surface area (Å²) in [6, 6.07) is 0. The number of aliphatic hydroxyl groups is 1. The molecule has 0 aromatic heterocycles. The number of ketones is 2. The zero-order valence-electron chi connectivity index (χ0n) is 32.0. The number of hydroxylamine groups is 2. The van der Waals surface area contributed by atoms with E-state index in [4.69, 9.17) is 19.0 Å². The van der Waals surface area contributed by atoms with E-state index in [1.54, 1.807) is 20.8 Å². The molecule has 0 spiro atoms. The van der Waals surface area contributed by atoms with Gasteiger partial charge in [-0.25, -0.2) is 18.4 Å². The highest BCUT2D eigenvalue weighted by Crippen LogP contribution is 2.72. The Morgan fingerprint density at radius 2 is 1.82 bits per heavy atom. The van der Waals surface area contributed by atoms with Gasteiger partial charge >= 0.3 is 12.1 Å². The lowest BCUT2D eigenvalue weighted by atomic mass is 9.44. The lowest BCUT2D eigenvalue weighted by Gasteiger charge is -2.63. The topological polar surface area (TPSA) is 166 Å². The van der Waals surface area contributed by atoms with Crippen molar-refractivity contribution in [3.8, 4) is 0 Å². The van der Waals surface area contributed by atoms with Crippen LogP contribution in [0.4, 0.5) is 13.6 Å². The molecule has 2 heterocycles. The molecular formula is C38H50F2N2O11S2. The van der Waals surface area contributed by atoms with E-state index >= 15 is 8.78 Å². The summed E-state index contributed by atoms with van der Waals surface area (Å²) in [4.78, 5) is 81.9. The summed E-state index contributed by atoms with van der Waals surface area (Å²) in [5, 5.41) is 12.3. The summed E-state index contributed by atoms with van der Waals surface area (Å²) in [5.74, 6) is -4.12. The fourth-order valence-corrected chi connectivity index (χ4v) is 12.4. The third-order valence-corrected chi connectivity index (χ3v) is 15.8. The number of hydrogen-bond acceptors (Lipinski definition) is 13. The van der Waals surface area contributed by atoms with Crippen molar-refractivity contribution in [3.63, 3.8) is 0 Å². The van der Waals surface area contributed by atoms with Crippen molar-refractivity contribution in [1.29, 1.82) is 0 Å². The number of alkyl halides is 2. The summed E-state index contributed by atoms with van der Waals surface area (Å²) in [7, 11) is 4.26. The van der Waals surface area contributed by atoms with Gasteiger partial charge in [-0.3, -0.25) is 19.2 Å². The maximum absolute atomic E-state index is 17.7. The Kier molecular flexibility index (Phi) is 11.5. The van der Waals surface area contributed by atoms with Crippen LogP contribution in [0.5, 0.6) is 0 Å². The Morgan fingerprint density at radius 1 is 1.13 bits per heavy atom. The number of imide groups is 1. The van der Waals surface area contributed by atoms with Crippen molar-refractivity contribution < 1.29 is 61.7 Å². The number of nitrogens with zero attached hydrogens (tertiary/aromatic N) is 2. The minimum Gasteiger partial charge on any atom is -0.441 e. The molecule has 6 rings (SSSR count). The number of aliphatic hydroxyl groups excluding tert-OH is 1. The normalized spacial score (nSPS) is 37.9. The number of rotatable bonds is 13. The van der Waals surface area contributed by atoms with E-state index in [2.05, 4.69) is 0 Å². The van der Waals surface area contributed by atoms with Crippen LogP contribution >= 0.6 is 21.6 Å². The van der Waals surface area contributed by atoms with E-state index in [0.29, 0.717) is 23.7 Å². The van der Waals surface area contributed by atoms with Gasteiger partial charge in [0.05, 0.1) is 18.6 Å². The standard InChI is InChI=1S/C38H50F2N2O11S2/c1-7-8-32-51-28-17-22-23-16-25(39)24-15-21(43)11-12-35(24,4)37(23,40)26(44)18-36(22,5)38(28,52-32)27(45)20-50-33(49)41(6)13-14-54-55-34(2,3)19-31(48)53-42-29(46)9-10-30(42)47/h11-12,15,22-23,25-26,28,32,44H,7-10,13-14,16-20H2,1-6H3/t22-,23-,25-,26-,28+,32?,35-,36-,37-,38+/m0/s1. The van der Waals surface area contributed by atoms with Crippen molar-refractivity contribution in [3.05, 3.63) is 23.8 Å². The predicted octanol–water partition coefficient (Wildman–Crippen LogP) is 4.99. The minimum absolute atomic E-state index is 0.00268. The van der Waals surface area contributed by atoms with Crippen LogP contribution in [0.25, 0.3) is 0 Å². The first-order valence-electron chi connectivity index (χ1n) is 18.8. The van der Waals surface area contributed by atoms with Gasteiger partial charge in [-0.1, -0.05) is 47.9 Å². The van der Waals surface area contributed by atoms with Gasteiger partial charge in [0, 0.05) is 53.7 Å². The quantitative estimate of drug-likeness (QED) is 0.150. The average Bonchev–Trinajstić information content (AvgIpc) is 3.72. The summed E-state index contributed by atoms with van der Waals surface area (Å²) in [6.45, 7) is 8.36. The van der Waals surface area contributed by atoms with Crippen molar-refractivity contribution in [1.82, 2.24) is 9.96 Å². The molecule has 2 saturated heterocycles. The van der Waals surface area contributed by atoms with Crippen molar-refractivity contribution >= 4 is 57.0 Å². The number of amides is 3. The number of hydrogen-bond donors (Lipinski definition) is 1. The number of carbonyl (C=O) groups is 6. The molecule has 4 aliphatic carbocycles. The molecule has 1 unspecified atom stereocenters. The number of fused-ring (bicyclic) bond motifs is 7. The Balaban J connectivity index is 1.09. The number of ether oxygens (including phenoxy) is 3. The van der Waals surface area contributed by atoms with Crippen LogP contribution in [0.3, 0.4) is 0 Å². The molecule has 5 fully saturated rings. The van der Waals surface area contributed by atoms with Crippen LogP contribution in [0, 0.1) is 22.7 Å². The third-order valence-electron chi connectivity index (χ3n) is 12.6. The summed E-state index contributed by atoms with van der Waals surface area (Å²) in [6.07, 6.45) is -1.21. The van der Waals surface area contributed by atoms with Crippen molar-refractivity contribution in [2.75, 3.05) is 26.0 Å². The van der Waals surface area contributed by atoms with Crippen molar-refractivity contribution in [2.45, 2.75) is 127 Å². The smallest absolute Gasteiger partial charge is 0.409 e. The molecule has 6 aliphatic rings. The number of carbonyl (C=O) groups excluding carboxylic acids is 6. The van der Waals surface area contributed by atoms with Gasteiger partial charge in [0.2, 0.25) is 5.78 Å². The van der Waals surface area contributed by atoms with E-state index < -0.39 is 105 Å². The molecule has 0 radical (unpaired) electrons. The second kappa shape index (κ2) is 15.1. The summed E-state index contributed by atoms with van der Waals surface area (Å²) < 4.78 is 51.4. The van der Waals surface area contributed by atoms with Crippen LogP contribution in [-0.4, -0.2) is 117 Å².